The van der Waals surface area contributed by atoms with Crippen LogP contribution in [0.2, 0.25) is 0 Å². The fourth-order valence-corrected chi connectivity index (χ4v) is 2.03. The Bertz CT molecular complexity index is 508. The SMILES string of the molecule is NC(=O)CN(CC(=O)O)C(=O)N(Cc1ccco1)C1CC1. The number of furan rings is 1. The van der Waals surface area contributed by atoms with Gasteiger partial charge in [0.05, 0.1) is 12.8 Å². The molecule has 1 aromatic rings. The van der Waals surface area contributed by atoms with Gasteiger partial charge in [-0.05, 0) is 25.0 Å². The summed E-state index contributed by atoms with van der Waals surface area (Å²) in [6.07, 6.45) is 3.21. The number of hydrogen-bond donors (Lipinski definition) is 2. The molecule has 0 unspecified atom stereocenters. The molecule has 1 fully saturated rings. The fourth-order valence-electron chi connectivity index (χ4n) is 2.03. The maximum atomic E-state index is 12.5. The molecule has 1 aromatic heterocycles. The molecule has 1 aliphatic carbocycles. The highest BCUT2D eigenvalue weighted by Gasteiger charge is 2.36. The van der Waals surface area contributed by atoms with E-state index in [9.17, 15) is 14.4 Å². The Kier molecular flexibility index (Phi) is 4.46. The summed E-state index contributed by atoms with van der Waals surface area (Å²) in [4.78, 5) is 36.8. The molecule has 0 aromatic carbocycles. The van der Waals surface area contributed by atoms with Crippen molar-refractivity contribution in [3.63, 3.8) is 0 Å². The van der Waals surface area contributed by atoms with Crippen molar-refractivity contribution in [1.82, 2.24) is 9.80 Å². The van der Waals surface area contributed by atoms with Crippen molar-refractivity contribution in [1.29, 1.82) is 0 Å². The largest absolute Gasteiger partial charge is 0.480 e. The lowest BCUT2D eigenvalue weighted by molar-refractivity contribution is -0.138. The van der Waals surface area contributed by atoms with Crippen molar-refractivity contribution < 1.29 is 23.9 Å². The number of carbonyl (C=O) groups excluding carboxylic acids is 2. The van der Waals surface area contributed by atoms with Gasteiger partial charge in [0.2, 0.25) is 5.91 Å². The number of carboxylic acid groups (broad SMARTS) is 1. The standard InChI is InChI=1S/C13H17N3O5/c14-11(17)7-15(8-12(18)19)13(20)16(9-3-4-9)6-10-2-1-5-21-10/h1-2,5,9H,3-4,6-8H2,(H2,14,17)(H,18,19). The Labute approximate surface area is 121 Å². The van der Waals surface area contributed by atoms with Crippen LogP contribution in [-0.2, 0) is 16.1 Å². The molecule has 0 atom stereocenters. The first-order valence-corrected chi connectivity index (χ1v) is 6.55. The molecule has 1 heterocycles. The van der Waals surface area contributed by atoms with Gasteiger partial charge < -0.3 is 25.1 Å². The van der Waals surface area contributed by atoms with Crippen LogP contribution in [0.25, 0.3) is 0 Å². The molecular formula is C13H17N3O5. The van der Waals surface area contributed by atoms with E-state index in [0.29, 0.717) is 5.76 Å². The first-order valence-electron chi connectivity index (χ1n) is 6.55. The molecule has 2 rings (SSSR count). The Morgan fingerprint density at radius 3 is 2.52 bits per heavy atom. The van der Waals surface area contributed by atoms with Crippen LogP contribution in [0.4, 0.5) is 4.79 Å². The highest BCUT2D eigenvalue weighted by molar-refractivity contribution is 5.86. The van der Waals surface area contributed by atoms with Crippen LogP contribution in [0.15, 0.2) is 22.8 Å². The van der Waals surface area contributed by atoms with Crippen molar-refractivity contribution in [2.45, 2.75) is 25.4 Å². The zero-order valence-corrected chi connectivity index (χ0v) is 11.4. The predicted molar refractivity (Wildman–Crippen MR) is 71.1 cm³/mol. The van der Waals surface area contributed by atoms with Gasteiger partial charge in [0.15, 0.2) is 0 Å². The van der Waals surface area contributed by atoms with Gasteiger partial charge in [0, 0.05) is 6.04 Å². The molecule has 0 saturated heterocycles. The normalized spacial score (nSPS) is 13.7. The average Bonchev–Trinajstić information content (AvgIpc) is 3.10. The summed E-state index contributed by atoms with van der Waals surface area (Å²) in [6.45, 7) is -0.749. The molecule has 1 aliphatic rings. The van der Waals surface area contributed by atoms with Gasteiger partial charge >= 0.3 is 12.0 Å². The number of amides is 3. The predicted octanol–water partition coefficient (Wildman–Crippen LogP) is 0.236. The van der Waals surface area contributed by atoms with Crippen LogP contribution in [0.3, 0.4) is 0 Å². The molecule has 0 aliphatic heterocycles. The van der Waals surface area contributed by atoms with Crippen LogP contribution in [0.5, 0.6) is 0 Å². The summed E-state index contributed by atoms with van der Waals surface area (Å²) >= 11 is 0. The summed E-state index contributed by atoms with van der Waals surface area (Å²) in [5.41, 5.74) is 5.07. The first-order chi connectivity index (χ1) is 9.97. The fraction of sp³-hybridized carbons (Fsp3) is 0.462. The number of hydrogen-bond acceptors (Lipinski definition) is 4. The van der Waals surface area contributed by atoms with E-state index in [1.807, 2.05) is 0 Å². The smallest absolute Gasteiger partial charge is 0.323 e. The zero-order valence-electron chi connectivity index (χ0n) is 11.4. The van der Waals surface area contributed by atoms with E-state index in [4.69, 9.17) is 15.3 Å². The van der Waals surface area contributed by atoms with E-state index in [1.165, 1.54) is 11.2 Å². The molecule has 0 spiro atoms. The second kappa shape index (κ2) is 6.29. The van der Waals surface area contributed by atoms with E-state index in [1.54, 1.807) is 12.1 Å². The van der Waals surface area contributed by atoms with Gasteiger partial charge in [-0.2, -0.15) is 0 Å². The topological polar surface area (TPSA) is 117 Å². The number of urea groups is 1. The number of carbonyl (C=O) groups is 3. The molecule has 114 valence electrons. The summed E-state index contributed by atoms with van der Waals surface area (Å²) in [5.74, 6) is -1.35. The monoisotopic (exact) mass is 295 g/mol. The molecule has 3 amide bonds. The second-order valence-electron chi connectivity index (χ2n) is 4.94. The van der Waals surface area contributed by atoms with Crippen LogP contribution in [-0.4, -0.2) is 51.9 Å². The molecule has 3 N–H and O–H groups in total. The van der Waals surface area contributed by atoms with E-state index in [-0.39, 0.29) is 12.6 Å². The maximum absolute atomic E-state index is 12.5. The minimum atomic E-state index is -1.20. The van der Waals surface area contributed by atoms with Crippen molar-refractivity contribution >= 4 is 17.9 Å². The number of carboxylic acids is 1. The lowest BCUT2D eigenvalue weighted by Crippen LogP contribution is -2.49. The highest BCUT2D eigenvalue weighted by Crippen LogP contribution is 2.29. The van der Waals surface area contributed by atoms with E-state index >= 15 is 0 Å². The summed E-state index contributed by atoms with van der Waals surface area (Å²) in [5, 5.41) is 8.86. The second-order valence-corrected chi connectivity index (χ2v) is 4.94. The zero-order chi connectivity index (χ0) is 15.4. The summed E-state index contributed by atoms with van der Waals surface area (Å²) in [6, 6.07) is 2.98. The van der Waals surface area contributed by atoms with Gasteiger partial charge in [-0.1, -0.05) is 0 Å². The Morgan fingerprint density at radius 2 is 2.05 bits per heavy atom. The molecule has 0 radical (unpaired) electrons. The van der Waals surface area contributed by atoms with Crippen LogP contribution in [0.1, 0.15) is 18.6 Å². The van der Waals surface area contributed by atoms with Gasteiger partial charge in [0.25, 0.3) is 0 Å². The molecule has 8 heteroatoms. The number of aliphatic carboxylic acids is 1. The molecule has 0 bridgehead atoms. The average molecular weight is 295 g/mol. The Balaban J connectivity index is 2.10. The lowest BCUT2D eigenvalue weighted by Gasteiger charge is -2.28. The van der Waals surface area contributed by atoms with Gasteiger partial charge in [-0.3, -0.25) is 9.59 Å². The van der Waals surface area contributed by atoms with Crippen LogP contribution >= 0.6 is 0 Å². The third kappa shape index (κ3) is 4.23. The number of primary amides is 1. The molecule has 21 heavy (non-hydrogen) atoms. The molecule has 8 nitrogen and oxygen atoms in total. The van der Waals surface area contributed by atoms with Crippen LogP contribution in [0, 0.1) is 0 Å². The van der Waals surface area contributed by atoms with Crippen molar-refractivity contribution in [2.75, 3.05) is 13.1 Å². The lowest BCUT2D eigenvalue weighted by atomic mass is 10.3. The quantitative estimate of drug-likeness (QED) is 0.747. The van der Waals surface area contributed by atoms with Gasteiger partial charge in [-0.25, -0.2) is 4.79 Å². The summed E-state index contributed by atoms with van der Waals surface area (Å²) in [7, 11) is 0. The number of nitrogens with zero attached hydrogens (tertiary/aromatic N) is 2. The van der Waals surface area contributed by atoms with E-state index in [0.717, 1.165) is 17.7 Å². The van der Waals surface area contributed by atoms with Gasteiger partial charge in [-0.15, -0.1) is 0 Å². The third-order valence-corrected chi connectivity index (χ3v) is 3.08. The highest BCUT2D eigenvalue weighted by atomic mass is 16.4. The Hall–Kier alpha value is -2.51. The van der Waals surface area contributed by atoms with Crippen molar-refractivity contribution in [3.8, 4) is 0 Å². The summed E-state index contributed by atoms with van der Waals surface area (Å²) < 4.78 is 5.21. The van der Waals surface area contributed by atoms with E-state index < -0.39 is 31.0 Å². The van der Waals surface area contributed by atoms with Crippen LogP contribution < -0.4 is 5.73 Å². The third-order valence-electron chi connectivity index (χ3n) is 3.08. The molecular weight excluding hydrogens is 278 g/mol. The van der Waals surface area contributed by atoms with Crippen molar-refractivity contribution in [3.05, 3.63) is 24.2 Å². The first kappa shape index (κ1) is 14.9. The minimum absolute atomic E-state index is 0.0479. The van der Waals surface area contributed by atoms with Crippen molar-refractivity contribution in [2.24, 2.45) is 5.73 Å². The van der Waals surface area contributed by atoms with E-state index in [2.05, 4.69) is 0 Å². The Morgan fingerprint density at radius 1 is 1.33 bits per heavy atom. The maximum Gasteiger partial charge on any atom is 0.323 e. The number of nitrogens with two attached hydrogens (primary N) is 1. The molecule has 1 saturated carbocycles. The van der Waals surface area contributed by atoms with Gasteiger partial charge in [0.1, 0.15) is 18.8 Å². The minimum Gasteiger partial charge on any atom is -0.480 e. The number of rotatable bonds is 7.